The summed E-state index contributed by atoms with van der Waals surface area (Å²) in [5.41, 5.74) is 23.3. The topological polar surface area (TPSA) is 17.4 Å². The molecule has 0 N–H and O–H groups in total. The third kappa shape index (κ3) is 4.90. The second kappa shape index (κ2) is 12.1. The third-order valence-corrected chi connectivity index (χ3v) is 11.5. The summed E-state index contributed by atoms with van der Waals surface area (Å²) in [5, 5.41) is 1.20. The van der Waals surface area contributed by atoms with Gasteiger partial charge in [0.05, 0.1) is 5.52 Å². The van der Waals surface area contributed by atoms with E-state index in [1.165, 1.54) is 83.0 Å². The molecule has 0 amide bonds. The Kier molecular flexibility index (Phi) is 7.29. The highest BCUT2D eigenvalue weighted by atomic mass is 16.4. The predicted molar refractivity (Wildman–Crippen MR) is 228 cm³/mol. The molecule has 2 aliphatic rings. The van der Waals surface area contributed by atoms with Crippen molar-refractivity contribution in [2.45, 2.75) is 41.5 Å². The molecule has 0 radical (unpaired) electrons. The molecule has 0 saturated carbocycles. The predicted octanol–water partition coefficient (Wildman–Crippen LogP) is 11.8. The van der Waals surface area contributed by atoms with Crippen molar-refractivity contribution < 1.29 is 4.65 Å². The van der Waals surface area contributed by atoms with Gasteiger partial charge in [0.15, 0.2) is 0 Å². The number of fused-ring (bicyclic) bond motifs is 6. The van der Waals surface area contributed by atoms with E-state index in [1.807, 2.05) is 0 Å². The van der Waals surface area contributed by atoms with Gasteiger partial charge in [-0.3, -0.25) is 0 Å². The molecule has 8 aromatic rings. The van der Waals surface area contributed by atoms with Gasteiger partial charge < -0.3 is 14.1 Å². The first-order valence-electron chi connectivity index (χ1n) is 18.9. The summed E-state index contributed by atoms with van der Waals surface area (Å²) in [5.74, 6) is 0.912. The normalized spacial score (nSPS) is 12.7. The Morgan fingerprint density at radius 1 is 0.500 bits per heavy atom. The Morgan fingerprint density at radius 3 is 1.80 bits per heavy atom. The van der Waals surface area contributed by atoms with Crippen molar-refractivity contribution in [2.24, 2.45) is 0 Å². The molecular formula is C50H41BN2O. The maximum atomic E-state index is 7.17. The molecule has 0 atom stereocenters. The lowest BCUT2D eigenvalue weighted by Crippen LogP contribution is -2.56. The van der Waals surface area contributed by atoms with E-state index in [-0.39, 0.29) is 6.92 Å². The van der Waals surface area contributed by atoms with Gasteiger partial charge in [0, 0.05) is 50.9 Å². The van der Waals surface area contributed by atoms with E-state index in [0.717, 1.165) is 34.1 Å². The zero-order valence-electron chi connectivity index (χ0n) is 31.7. The molecule has 4 heteroatoms. The van der Waals surface area contributed by atoms with Crippen LogP contribution in [0.2, 0.25) is 0 Å². The van der Waals surface area contributed by atoms with E-state index in [0.29, 0.717) is 0 Å². The summed E-state index contributed by atoms with van der Waals surface area (Å²) in [6.07, 6.45) is 2.22. The van der Waals surface area contributed by atoms with Crippen LogP contribution in [0.15, 0.2) is 140 Å². The van der Waals surface area contributed by atoms with Crippen molar-refractivity contribution in [1.82, 2.24) is 4.57 Å². The van der Waals surface area contributed by atoms with Crippen molar-refractivity contribution in [3.05, 3.63) is 173 Å². The number of hydrogen-bond acceptors (Lipinski definition) is 2. The van der Waals surface area contributed by atoms with Crippen LogP contribution in [0, 0.1) is 41.5 Å². The van der Waals surface area contributed by atoms with E-state index >= 15 is 0 Å². The van der Waals surface area contributed by atoms with Gasteiger partial charge in [-0.1, -0.05) is 96.1 Å². The van der Waals surface area contributed by atoms with Crippen LogP contribution >= 0.6 is 0 Å². The highest BCUT2D eigenvalue weighted by Gasteiger charge is 2.44. The van der Waals surface area contributed by atoms with Gasteiger partial charge in [-0.05, 0) is 140 Å². The molecule has 54 heavy (non-hydrogen) atoms. The fourth-order valence-electron chi connectivity index (χ4n) is 9.60. The molecule has 0 spiro atoms. The van der Waals surface area contributed by atoms with Gasteiger partial charge in [0.25, 0.3) is 0 Å². The van der Waals surface area contributed by atoms with Gasteiger partial charge in [-0.25, -0.2) is 0 Å². The van der Waals surface area contributed by atoms with Crippen molar-refractivity contribution in [3.63, 3.8) is 0 Å². The van der Waals surface area contributed by atoms with Gasteiger partial charge >= 0.3 is 6.92 Å². The van der Waals surface area contributed by atoms with Gasteiger partial charge in [-0.15, -0.1) is 0 Å². The van der Waals surface area contributed by atoms with Crippen molar-refractivity contribution >= 4 is 45.8 Å². The number of aryl methyl sites for hydroxylation is 6. The number of anilines is 3. The number of rotatable bonds is 4. The van der Waals surface area contributed by atoms with Gasteiger partial charge in [-0.2, -0.15) is 0 Å². The molecule has 0 aliphatic carbocycles. The average Bonchev–Trinajstić information content (AvgIpc) is 3.59. The molecule has 0 fully saturated rings. The minimum Gasteiger partial charge on any atom is -0.551 e. The van der Waals surface area contributed by atoms with Crippen LogP contribution < -0.4 is 20.5 Å². The van der Waals surface area contributed by atoms with E-state index in [1.54, 1.807) is 0 Å². The lowest BCUT2D eigenvalue weighted by Gasteiger charge is -2.40. The first-order chi connectivity index (χ1) is 26.2. The number of hydrogen-bond donors (Lipinski definition) is 0. The summed E-state index contributed by atoms with van der Waals surface area (Å²) in [6, 6.07) is 49.2. The van der Waals surface area contributed by atoms with E-state index in [4.69, 9.17) is 4.65 Å². The van der Waals surface area contributed by atoms with E-state index < -0.39 is 0 Å². The smallest absolute Gasteiger partial charge is 0.431 e. The molecule has 3 heterocycles. The molecule has 0 saturated heterocycles. The molecule has 1 aromatic heterocycles. The highest BCUT2D eigenvalue weighted by molar-refractivity contribution is 6.86. The van der Waals surface area contributed by atoms with Gasteiger partial charge in [0.1, 0.15) is 5.75 Å². The Bertz CT molecular complexity index is 2770. The average molecular weight is 697 g/mol. The zero-order valence-corrected chi connectivity index (χ0v) is 31.7. The van der Waals surface area contributed by atoms with Crippen molar-refractivity contribution in [2.75, 3.05) is 4.90 Å². The molecule has 10 rings (SSSR count). The summed E-state index contributed by atoms with van der Waals surface area (Å²) >= 11 is 0. The summed E-state index contributed by atoms with van der Waals surface area (Å²) in [7, 11) is 0. The zero-order chi connectivity index (χ0) is 36.8. The maximum Gasteiger partial charge on any atom is 0.431 e. The largest absolute Gasteiger partial charge is 0.551 e. The van der Waals surface area contributed by atoms with Crippen LogP contribution in [0.5, 0.6) is 5.75 Å². The Hall–Kier alpha value is -6.26. The summed E-state index contributed by atoms with van der Waals surface area (Å²) in [6.45, 7) is 13.0. The maximum absolute atomic E-state index is 7.17. The SMILES string of the molecule is Cc1cc(C)c(-c2ccc(N3c4ccc(-c5c(C)cc(C)cc5C)cc4B4Oc5ccccc5-c5c4c3cc3ccn(-c4ccccc4)c53)cc2)c(C)c1. The number of benzene rings is 7. The first-order valence-corrected chi connectivity index (χ1v) is 18.9. The second-order valence-electron chi connectivity index (χ2n) is 15.3. The van der Waals surface area contributed by atoms with Crippen molar-refractivity contribution in [3.8, 4) is 44.8 Å². The second-order valence-corrected chi connectivity index (χ2v) is 15.3. The van der Waals surface area contributed by atoms with Gasteiger partial charge in [0.2, 0.25) is 0 Å². The molecular weight excluding hydrogens is 655 g/mol. The van der Waals surface area contributed by atoms with Crippen LogP contribution in [0.25, 0.3) is 50.0 Å². The first kappa shape index (κ1) is 32.4. The fourth-order valence-corrected chi connectivity index (χ4v) is 9.60. The molecule has 0 unspecified atom stereocenters. The van der Waals surface area contributed by atoms with Crippen LogP contribution in [-0.2, 0) is 0 Å². The highest BCUT2D eigenvalue weighted by Crippen LogP contribution is 2.47. The van der Waals surface area contributed by atoms with Crippen LogP contribution in [0.3, 0.4) is 0 Å². The Balaban J connectivity index is 1.26. The Labute approximate surface area is 318 Å². The number of aromatic nitrogens is 1. The number of nitrogens with zero attached hydrogens (tertiary/aromatic N) is 2. The molecule has 7 aromatic carbocycles. The summed E-state index contributed by atoms with van der Waals surface area (Å²) in [4.78, 5) is 2.47. The van der Waals surface area contributed by atoms with Crippen LogP contribution in [0.4, 0.5) is 17.1 Å². The third-order valence-electron chi connectivity index (χ3n) is 11.5. The minimum absolute atomic E-state index is 0.289. The quantitative estimate of drug-likeness (QED) is 0.170. The molecule has 2 aliphatic heterocycles. The minimum atomic E-state index is -0.289. The van der Waals surface area contributed by atoms with Crippen LogP contribution in [0.1, 0.15) is 33.4 Å². The Morgan fingerprint density at radius 2 is 1.11 bits per heavy atom. The molecule has 0 bridgehead atoms. The lowest BCUT2D eigenvalue weighted by atomic mass is 9.49. The monoisotopic (exact) mass is 696 g/mol. The fraction of sp³-hybridized carbons (Fsp3) is 0.120. The standard InChI is InChI=1S/C50H41BN2O/c1-30-24-32(3)46(33(4)25-30)36-16-19-40(20-17-36)53-43-21-18-37(47-34(5)26-31(2)27-35(47)6)28-42(43)51-49-44(53)29-38-22-23-52(39-12-8-7-9-13-39)50(38)48(49)41-14-10-11-15-45(41)54-51/h7-29H,1-6H3. The van der Waals surface area contributed by atoms with Crippen molar-refractivity contribution in [1.29, 1.82) is 0 Å². The number of para-hydroxylation sites is 2. The lowest BCUT2D eigenvalue weighted by molar-refractivity contribution is 0.590. The van der Waals surface area contributed by atoms with Crippen LogP contribution in [-0.4, -0.2) is 11.5 Å². The van der Waals surface area contributed by atoms with E-state index in [2.05, 4.69) is 191 Å². The molecule has 3 nitrogen and oxygen atoms in total. The van der Waals surface area contributed by atoms with E-state index in [9.17, 15) is 0 Å². The molecule has 260 valence electrons. The summed E-state index contributed by atoms with van der Waals surface area (Å²) < 4.78 is 9.52.